The number of nitrogens with one attached hydrogen (secondary N) is 2. The maximum Gasteiger partial charge on any atom is 0.259 e. The Hall–Kier alpha value is -2.86. The van der Waals surface area contributed by atoms with E-state index in [0.29, 0.717) is 48.2 Å². The third-order valence-corrected chi connectivity index (χ3v) is 4.28. The third-order valence-electron chi connectivity index (χ3n) is 4.28. The maximum absolute atomic E-state index is 12.8. The smallest absolute Gasteiger partial charge is 0.259 e. The van der Waals surface area contributed by atoms with Gasteiger partial charge in [0.1, 0.15) is 5.75 Å². The summed E-state index contributed by atoms with van der Waals surface area (Å²) in [5.41, 5.74) is 1.50. The van der Waals surface area contributed by atoms with Crippen LogP contribution >= 0.6 is 0 Å². The number of ether oxygens (including phenoxy) is 2. The molecule has 0 heterocycles. The zero-order chi connectivity index (χ0) is 21.1. The first-order valence-corrected chi connectivity index (χ1v) is 9.91. The van der Waals surface area contributed by atoms with E-state index in [9.17, 15) is 9.59 Å². The van der Waals surface area contributed by atoms with E-state index in [1.807, 2.05) is 6.07 Å². The third kappa shape index (κ3) is 7.58. The predicted octanol–water partition coefficient (Wildman–Crippen LogP) is 4.13. The first kappa shape index (κ1) is 22.4. The van der Waals surface area contributed by atoms with E-state index in [4.69, 9.17) is 9.47 Å². The number of carbonyl (C=O) groups excluding carboxylic acids is 2. The van der Waals surface area contributed by atoms with E-state index in [-0.39, 0.29) is 11.8 Å². The quantitative estimate of drug-likeness (QED) is 0.558. The van der Waals surface area contributed by atoms with Crippen molar-refractivity contribution in [1.29, 1.82) is 0 Å². The van der Waals surface area contributed by atoms with Gasteiger partial charge in [-0.1, -0.05) is 32.0 Å². The van der Waals surface area contributed by atoms with Gasteiger partial charge in [0.25, 0.3) is 11.8 Å². The largest absolute Gasteiger partial charge is 0.493 e. The van der Waals surface area contributed by atoms with Crippen LogP contribution < -0.4 is 15.4 Å². The molecule has 0 aromatic heterocycles. The number of rotatable bonds is 11. The fraction of sp³-hybridized carbons (Fsp3) is 0.391. The van der Waals surface area contributed by atoms with Crippen LogP contribution in [0.15, 0.2) is 48.5 Å². The fourth-order valence-electron chi connectivity index (χ4n) is 2.64. The minimum absolute atomic E-state index is 0.186. The molecule has 156 valence electrons. The molecular weight excluding hydrogens is 368 g/mol. The van der Waals surface area contributed by atoms with Crippen LogP contribution in [-0.2, 0) is 4.74 Å². The molecule has 0 saturated heterocycles. The van der Waals surface area contributed by atoms with Gasteiger partial charge in [-0.05, 0) is 49.1 Å². The second kappa shape index (κ2) is 11.9. The number of para-hydroxylation sites is 1. The van der Waals surface area contributed by atoms with Crippen LogP contribution in [0.3, 0.4) is 0 Å². The Kier molecular flexibility index (Phi) is 9.18. The summed E-state index contributed by atoms with van der Waals surface area (Å²) < 4.78 is 10.8. The lowest BCUT2D eigenvalue weighted by Gasteiger charge is -2.13. The normalized spacial score (nSPS) is 10.6. The SMILES string of the molecule is COCCCNC(=O)c1cccc(NC(=O)c2ccccc2OCCC(C)C)c1. The predicted molar refractivity (Wildman–Crippen MR) is 115 cm³/mol. The Labute approximate surface area is 172 Å². The summed E-state index contributed by atoms with van der Waals surface area (Å²) in [4.78, 5) is 25.0. The zero-order valence-corrected chi connectivity index (χ0v) is 17.4. The summed E-state index contributed by atoms with van der Waals surface area (Å²) in [6.07, 6.45) is 1.66. The Bertz CT molecular complexity index is 805. The van der Waals surface area contributed by atoms with Gasteiger partial charge in [-0.3, -0.25) is 9.59 Å². The van der Waals surface area contributed by atoms with Crippen molar-refractivity contribution in [3.63, 3.8) is 0 Å². The second-order valence-electron chi connectivity index (χ2n) is 7.16. The molecule has 6 nitrogen and oxygen atoms in total. The molecule has 0 spiro atoms. The van der Waals surface area contributed by atoms with E-state index in [2.05, 4.69) is 24.5 Å². The molecule has 2 aromatic carbocycles. The van der Waals surface area contributed by atoms with Gasteiger partial charge in [-0.2, -0.15) is 0 Å². The molecule has 6 heteroatoms. The number of methoxy groups -OCH3 is 1. The number of benzene rings is 2. The Balaban J connectivity index is 2.01. The van der Waals surface area contributed by atoms with Crippen LogP contribution in [0.2, 0.25) is 0 Å². The van der Waals surface area contributed by atoms with E-state index >= 15 is 0 Å². The summed E-state index contributed by atoms with van der Waals surface area (Å²) >= 11 is 0. The molecule has 0 atom stereocenters. The number of anilines is 1. The van der Waals surface area contributed by atoms with Crippen LogP contribution in [-0.4, -0.2) is 38.7 Å². The van der Waals surface area contributed by atoms with Gasteiger partial charge < -0.3 is 20.1 Å². The van der Waals surface area contributed by atoms with E-state index in [1.54, 1.807) is 49.6 Å². The lowest BCUT2D eigenvalue weighted by atomic mass is 10.1. The average molecular weight is 399 g/mol. The number of amides is 2. The molecular formula is C23H30N2O4. The molecule has 0 unspecified atom stereocenters. The molecule has 2 aromatic rings. The average Bonchev–Trinajstić information content (AvgIpc) is 2.71. The minimum Gasteiger partial charge on any atom is -0.493 e. The van der Waals surface area contributed by atoms with Crippen molar-refractivity contribution in [3.05, 3.63) is 59.7 Å². The standard InChI is InChI=1S/C23H30N2O4/c1-17(2)12-15-29-21-11-5-4-10-20(21)23(27)25-19-9-6-8-18(16-19)22(26)24-13-7-14-28-3/h4-6,8-11,16-17H,7,12-15H2,1-3H3,(H,24,26)(H,25,27). The molecule has 0 aliphatic rings. The molecule has 0 aliphatic heterocycles. The summed E-state index contributed by atoms with van der Waals surface area (Å²) in [6, 6.07) is 14.0. The first-order chi connectivity index (χ1) is 14.0. The van der Waals surface area contributed by atoms with Crippen molar-refractivity contribution in [2.75, 3.05) is 32.2 Å². The highest BCUT2D eigenvalue weighted by Crippen LogP contribution is 2.21. The van der Waals surface area contributed by atoms with Gasteiger partial charge in [-0.25, -0.2) is 0 Å². The summed E-state index contributed by atoms with van der Waals surface area (Å²) in [5.74, 6) is 0.620. The Morgan fingerprint density at radius 2 is 1.79 bits per heavy atom. The van der Waals surface area contributed by atoms with Crippen LogP contribution in [0.4, 0.5) is 5.69 Å². The molecule has 0 bridgehead atoms. The first-order valence-electron chi connectivity index (χ1n) is 9.91. The van der Waals surface area contributed by atoms with Gasteiger partial charge in [-0.15, -0.1) is 0 Å². The number of carbonyl (C=O) groups is 2. The van der Waals surface area contributed by atoms with Crippen molar-refractivity contribution < 1.29 is 19.1 Å². The van der Waals surface area contributed by atoms with E-state index in [0.717, 1.165) is 12.8 Å². The minimum atomic E-state index is -0.275. The van der Waals surface area contributed by atoms with Gasteiger partial charge in [0.15, 0.2) is 0 Å². The van der Waals surface area contributed by atoms with Crippen molar-refractivity contribution in [3.8, 4) is 5.75 Å². The maximum atomic E-state index is 12.8. The van der Waals surface area contributed by atoms with Crippen molar-refractivity contribution >= 4 is 17.5 Å². The van der Waals surface area contributed by atoms with E-state index < -0.39 is 0 Å². The molecule has 2 amide bonds. The van der Waals surface area contributed by atoms with Crippen molar-refractivity contribution in [2.24, 2.45) is 5.92 Å². The summed E-state index contributed by atoms with van der Waals surface area (Å²) in [5, 5.41) is 5.69. The molecule has 0 fully saturated rings. The van der Waals surface area contributed by atoms with Crippen LogP contribution in [0.1, 0.15) is 47.4 Å². The van der Waals surface area contributed by atoms with Crippen molar-refractivity contribution in [1.82, 2.24) is 5.32 Å². The van der Waals surface area contributed by atoms with Crippen molar-refractivity contribution in [2.45, 2.75) is 26.7 Å². The number of hydrogen-bond acceptors (Lipinski definition) is 4. The molecule has 2 rings (SSSR count). The lowest BCUT2D eigenvalue weighted by molar-refractivity contribution is 0.0947. The molecule has 0 saturated carbocycles. The molecule has 2 N–H and O–H groups in total. The highest BCUT2D eigenvalue weighted by Gasteiger charge is 2.13. The monoisotopic (exact) mass is 398 g/mol. The Morgan fingerprint density at radius 3 is 2.55 bits per heavy atom. The topological polar surface area (TPSA) is 76.7 Å². The molecule has 0 aliphatic carbocycles. The van der Waals surface area contributed by atoms with Crippen LogP contribution in [0, 0.1) is 5.92 Å². The summed E-state index contributed by atoms with van der Waals surface area (Å²) in [7, 11) is 1.63. The van der Waals surface area contributed by atoms with Gasteiger partial charge in [0.2, 0.25) is 0 Å². The van der Waals surface area contributed by atoms with E-state index in [1.165, 1.54) is 0 Å². The van der Waals surface area contributed by atoms with Gasteiger partial charge in [0.05, 0.1) is 12.2 Å². The fourth-order valence-corrected chi connectivity index (χ4v) is 2.64. The van der Waals surface area contributed by atoms with Crippen LogP contribution in [0.5, 0.6) is 5.75 Å². The molecule has 29 heavy (non-hydrogen) atoms. The van der Waals surface area contributed by atoms with Gasteiger partial charge in [0, 0.05) is 31.5 Å². The van der Waals surface area contributed by atoms with Crippen LogP contribution in [0.25, 0.3) is 0 Å². The highest BCUT2D eigenvalue weighted by atomic mass is 16.5. The number of hydrogen-bond donors (Lipinski definition) is 2. The second-order valence-corrected chi connectivity index (χ2v) is 7.16. The highest BCUT2D eigenvalue weighted by molar-refractivity contribution is 6.06. The molecule has 0 radical (unpaired) electrons. The zero-order valence-electron chi connectivity index (χ0n) is 17.4. The van der Waals surface area contributed by atoms with Gasteiger partial charge >= 0.3 is 0 Å². The summed E-state index contributed by atoms with van der Waals surface area (Å²) in [6.45, 7) is 5.94. The Morgan fingerprint density at radius 1 is 1.00 bits per heavy atom. The lowest BCUT2D eigenvalue weighted by Crippen LogP contribution is -2.25.